The Morgan fingerprint density at radius 2 is 2.00 bits per heavy atom. The maximum Gasteiger partial charge on any atom is 0.252 e. The molecule has 0 bridgehead atoms. The molecule has 0 saturated carbocycles. The predicted molar refractivity (Wildman–Crippen MR) is 84.5 cm³/mol. The van der Waals surface area contributed by atoms with Gasteiger partial charge in [0.2, 0.25) is 0 Å². The van der Waals surface area contributed by atoms with E-state index in [1.165, 1.54) is 61.0 Å². The Kier molecular flexibility index (Phi) is 4.56. The van der Waals surface area contributed by atoms with E-state index < -0.39 is 0 Å². The number of rotatable bonds is 4. The molecule has 0 saturated heterocycles. The lowest BCUT2D eigenvalue weighted by molar-refractivity contribution is 0.0953. The number of nitrogens with one attached hydrogen (secondary N) is 1. The molecule has 1 aromatic heterocycles. The third-order valence-electron chi connectivity index (χ3n) is 4.42. The highest BCUT2D eigenvalue weighted by atomic mass is 32.1. The Morgan fingerprint density at radius 3 is 2.85 bits per heavy atom. The van der Waals surface area contributed by atoms with E-state index in [4.69, 9.17) is 0 Å². The van der Waals surface area contributed by atoms with E-state index in [2.05, 4.69) is 16.8 Å². The standard InChI is InChI=1S/C17H23NOS/c19-17(18-11-10-13-6-2-1-3-7-13)15-12-20-16-9-5-4-8-14(15)16/h6,12H,1-5,7-11H2,(H,18,19). The van der Waals surface area contributed by atoms with Crippen molar-refractivity contribution in [3.63, 3.8) is 0 Å². The zero-order valence-electron chi connectivity index (χ0n) is 12.0. The van der Waals surface area contributed by atoms with Gasteiger partial charge in [-0.25, -0.2) is 0 Å². The van der Waals surface area contributed by atoms with Crippen LogP contribution in [0.15, 0.2) is 17.0 Å². The second-order valence-corrected chi connectivity index (χ2v) is 6.84. The number of carbonyl (C=O) groups excluding carboxylic acids is 1. The molecule has 20 heavy (non-hydrogen) atoms. The van der Waals surface area contributed by atoms with Gasteiger partial charge in [0.05, 0.1) is 5.56 Å². The Balaban J connectivity index is 1.54. The smallest absolute Gasteiger partial charge is 0.252 e. The minimum atomic E-state index is 0.140. The van der Waals surface area contributed by atoms with Crippen LogP contribution in [0.25, 0.3) is 0 Å². The summed E-state index contributed by atoms with van der Waals surface area (Å²) in [6.45, 7) is 0.787. The molecule has 2 aliphatic rings. The van der Waals surface area contributed by atoms with Crippen molar-refractivity contribution in [1.29, 1.82) is 0 Å². The lowest BCUT2D eigenvalue weighted by Crippen LogP contribution is -2.25. The molecule has 0 spiro atoms. The van der Waals surface area contributed by atoms with Gasteiger partial charge in [-0.15, -0.1) is 11.3 Å². The minimum Gasteiger partial charge on any atom is -0.352 e. The zero-order chi connectivity index (χ0) is 13.8. The number of carbonyl (C=O) groups is 1. The summed E-state index contributed by atoms with van der Waals surface area (Å²) < 4.78 is 0. The molecule has 0 aromatic carbocycles. The Hall–Kier alpha value is -1.09. The Morgan fingerprint density at radius 1 is 1.15 bits per heavy atom. The first-order valence-corrected chi connectivity index (χ1v) is 8.78. The van der Waals surface area contributed by atoms with Gasteiger partial charge in [-0.05, 0) is 63.4 Å². The van der Waals surface area contributed by atoms with Crippen LogP contribution >= 0.6 is 11.3 Å². The van der Waals surface area contributed by atoms with Gasteiger partial charge in [0.1, 0.15) is 0 Å². The highest BCUT2D eigenvalue weighted by Gasteiger charge is 2.19. The van der Waals surface area contributed by atoms with Gasteiger partial charge in [-0.2, -0.15) is 0 Å². The van der Waals surface area contributed by atoms with Crippen LogP contribution in [0.2, 0.25) is 0 Å². The number of aryl methyl sites for hydroxylation is 1. The van der Waals surface area contributed by atoms with Crippen molar-refractivity contribution in [2.75, 3.05) is 6.54 Å². The molecule has 1 heterocycles. The Bertz CT molecular complexity index is 515. The third kappa shape index (κ3) is 3.14. The van der Waals surface area contributed by atoms with E-state index in [1.54, 1.807) is 11.3 Å². The lowest BCUT2D eigenvalue weighted by Gasteiger charge is -2.14. The number of allylic oxidation sites excluding steroid dienone is 1. The van der Waals surface area contributed by atoms with E-state index in [0.29, 0.717) is 0 Å². The van der Waals surface area contributed by atoms with Gasteiger partial charge in [-0.3, -0.25) is 4.79 Å². The van der Waals surface area contributed by atoms with Crippen molar-refractivity contribution >= 4 is 17.2 Å². The minimum absolute atomic E-state index is 0.140. The van der Waals surface area contributed by atoms with Crippen LogP contribution in [0, 0.1) is 0 Å². The van der Waals surface area contributed by atoms with Crippen molar-refractivity contribution in [3.8, 4) is 0 Å². The van der Waals surface area contributed by atoms with E-state index in [1.807, 2.05) is 0 Å². The molecule has 0 unspecified atom stereocenters. The third-order valence-corrected chi connectivity index (χ3v) is 5.51. The molecular weight excluding hydrogens is 266 g/mol. The monoisotopic (exact) mass is 289 g/mol. The van der Waals surface area contributed by atoms with Crippen molar-refractivity contribution in [2.45, 2.75) is 57.8 Å². The normalized spacial score (nSPS) is 18.3. The first kappa shape index (κ1) is 13.9. The van der Waals surface area contributed by atoms with Crippen LogP contribution in [0.4, 0.5) is 0 Å². The summed E-state index contributed by atoms with van der Waals surface area (Å²) in [5.74, 6) is 0.140. The fraction of sp³-hybridized carbons (Fsp3) is 0.588. The molecule has 0 aliphatic heterocycles. The van der Waals surface area contributed by atoms with Crippen molar-refractivity contribution in [3.05, 3.63) is 33.0 Å². The quantitative estimate of drug-likeness (QED) is 0.825. The number of hydrogen-bond acceptors (Lipinski definition) is 2. The first-order chi connectivity index (χ1) is 9.84. The maximum absolute atomic E-state index is 12.3. The number of fused-ring (bicyclic) bond motifs is 1. The van der Waals surface area contributed by atoms with Crippen molar-refractivity contribution in [2.24, 2.45) is 0 Å². The van der Waals surface area contributed by atoms with Gasteiger partial charge >= 0.3 is 0 Å². The van der Waals surface area contributed by atoms with Crippen molar-refractivity contribution < 1.29 is 4.79 Å². The molecule has 3 heteroatoms. The summed E-state index contributed by atoms with van der Waals surface area (Å²) >= 11 is 1.77. The largest absolute Gasteiger partial charge is 0.352 e. The topological polar surface area (TPSA) is 29.1 Å². The van der Waals surface area contributed by atoms with Gasteiger partial charge in [-0.1, -0.05) is 11.6 Å². The van der Waals surface area contributed by atoms with Crippen LogP contribution in [-0.4, -0.2) is 12.5 Å². The summed E-state index contributed by atoms with van der Waals surface area (Å²) in [5.41, 5.74) is 3.81. The van der Waals surface area contributed by atoms with Crippen LogP contribution in [-0.2, 0) is 12.8 Å². The van der Waals surface area contributed by atoms with E-state index >= 15 is 0 Å². The molecule has 2 aliphatic carbocycles. The number of amides is 1. The molecule has 108 valence electrons. The van der Waals surface area contributed by atoms with Gasteiger partial charge in [0.15, 0.2) is 0 Å². The molecule has 0 fully saturated rings. The summed E-state index contributed by atoms with van der Waals surface area (Å²) in [6, 6.07) is 0. The Labute approximate surface area is 125 Å². The van der Waals surface area contributed by atoms with E-state index in [0.717, 1.165) is 24.9 Å². The zero-order valence-corrected chi connectivity index (χ0v) is 12.9. The summed E-state index contributed by atoms with van der Waals surface area (Å²) in [4.78, 5) is 13.7. The highest BCUT2D eigenvalue weighted by Crippen LogP contribution is 2.30. The maximum atomic E-state index is 12.3. The van der Waals surface area contributed by atoms with Crippen molar-refractivity contribution in [1.82, 2.24) is 5.32 Å². The van der Waals surface area contributed by atoms with Gasteiger partial charge < -0.3 is 5.32 Å². The number of hydrogen-bond donors (Lipinski definition) is 1. The first-order valence-electron chi connectivity index (χ1n) is 7.90. The molecule has 3 rings (SSSR count). The predicted octanol–water partition coefficient (Wildman–Crippen LogP) is 4.25. The molecule has 0 atom stereocenters. The molecule has 0 radical (unpaired) electrons. The van der Waals surface area contributed by atoms with Crippen LogP contribution < -0.4 is 5.32 Å². The van der Waals surface area contributed by atoms with E-state index in [9.17, 15) is 4.79 Å². The average Bonchev–Trinajstić information content (AvgIpc) is 2.92. The van der Waals surface area contributed by atoms with Crippen LogP contribution in [0.5, 0.6) is 0 Å². The molecule has 1 N–H and O–H groups in total. The van der Waals surface area contributed by atoms with Crippen LogP contribution in [0.1, 0.15) is 65.7 Å². The fourth-order valence-electron chi connectivity index (χ4n) is 3.25. The molecule has 1 amide bonds. The molecule has 2 nitrogen and oxygen atoms in total. The SMILES string of the molecule is O=C(NCCC1=CCCCC1)c1csc2c1CCCC2. The second kappa shape index (κ2) is 6.57. The van der Waals surface area contributed by atoms with Gasteiger partial charge in [0.25, 0.3) is 5.91 Å². The number of thiophene rings is 1. The average molecular weight is 289 g/mol. The summed E-state index contributed by atoms with van der Waals surface area (Å²) in [5, 5.41) is 5.17. The lowest BCUT2D eigenvalue weighted by atomic mass is 9.95. The fourth-order valence-corrected chi connectivity index (χ4v) is 4.37. The summed E-state index contributed by atoms with van der Waals surface area (Å²) in [6.07, 6.45) is 13.3. The van der Waals surface area contributed by atoms with E-state index in [-0.39, 0.29) is 5.91 Å². The molecule has 1 aromatic rings. The van der Waals surface area contributed by atoms with Gasteiger partial charge in [0, 0.05) is 16.8 Å². The molecular formula is C17H23NOS. The summed E-state index contributed by atoms with van der Waals surface area (Å²) in [7, 11) is 0. The van der Waals surface area contributed by atoms with Crippen LogP contribution in [0.3, 0.4) is 0 Å². The highest BCUT2D eigenvalue weighted by molar-refractivity contribution is 7.10. The second-order valence-electron chi connectivity index (χ2n) is 5.87.